The van der Waals surface area contributed by atoms with Gasteiger partial charge in [-0.05, 0) is 73.0 Å². The fourth-order valence-electron chi connectivity index (χ4n) is 9.14. The quantitative estimate of drug-likeness (QED) is 0.142. The molecule has 0 aromatic rings. The molecule has 13 heteroatoms. The first-order valence-corrected chi connectivity index (χ1v) is 21.3. The molecule has 52 heavy (non-hydrogen) atoms. The van der Waals surface area contributed by atoms with E-state index in [4.69, 9.17) is 0 Å². The molecule has 1 spiro atoms. The number of hydrogen-bond donors (Lipinski definition) is 4. The van der Waals surface area contributed by atoms with Gasteiger partial charge in [0.1, 0.15) is 12.1 Å². The highest BCUT2D eigenvalue weighted by molar-refractivity contribution is 7.91. The second-order valence-electron chi connectivity index (χ2n) is 18.5. The van der Waals surface area contributed by atoms with Gasteiger partial charge in [-0.25, -0.2) is 13.2 Å². The van der Waals surface area contributed by atoms with Gasteiger partial charge in [-0.2, -0.15) is 0 Å². The Balaban J connectivity index is 1.58. The Morgan fingerprint density at radius 3 is 2.15 bits per heavy atom. The molecular weight excluding hydrogens is 683 g/mol. The minimum atomic E-state index is -3.51. The largest absolute Gasteiger partial charge is 0.346 e. The first-order chi connectivity index (χ1) is 24.2. The van der Waals surface area contributed by atoms with Crippen LogP contribution in [-0.4, -0.2) is 91.1 Å². The van der Waals surface area contributed by atoms with Crippen LogP contribution in [-0.2, 0) is 29.0 Å². The highest BCUT2D eigenvalue weighted by Gasteiger charge is 2.64. The van der Waals surface area contributed by atoms with Crippen LogP contribution in [0.4, 0.5) is 4.79 Å². The number of nitrogens with zero attached hydrogens (tertiary/aromatic N) is 1. The van der Waals surface area contributed by atoms with E-state index in [0.717, 1.165) is 51.4 Å². The van der Waals surface area contributed by atoms with Crippen molar-refractivity contribution in [2.24, 2.45) is 28.1 Å². The molecule has 1 unspecified atom stereocenters. The number of fused-ring (bicyclic) bond motifs is 2. The van der Waals surface area contributed by atoms with Gasteiger partial charge in [-0.3, -0.25) is 19.2 Å². The molecule has 0 aromatic carbocycles. The van der Waals surface area contributed by atoms with E-state index in [1.807, 2.05) is 48.5 Å². The standard InChI is InChI=1S/C39H65N5O7S/c1-9-11-15-28(30(45)33(47)40-22-10-2)41-32(46)29-26-16-19-38(20-21-38)27(26)23-44(29)34(48)31(37(6,7)8)42-35(49)43-39(17-13-12-14-18-39)25-52(50,51)24-36(3,4)5/h10,26-29,31H,2,9,11-25H2,1,3-8H3,(H,40,47)(H,41,46)(H2,42,43,49)/t26-,27-,28?,29-,31+/m0/s1. The monoisotopic (exact) mass is 747 g/mol. The number of rotatable bonds is 15. The molecule has 1 heterocycles. The van der Waals surface area contributed by atoms with Gasteiger partial charge in [0, 0.05) is 13.1 Å². The van der Waals surface area contributed by atoms with Gasteiger partial charge in [0.15, 0.2) is 9.84 Å². The van der Waals surface area contributed by atoms with E-state index in [0.29, 0.717) is 32.2 Å². The normalized spacial score (nSPS) is 24.7. The molecule has 1 saturated heterocycles. The summed E-state index contributed by atoms with van der Waals surface area (Å²) in [7, 11) is -3.51. The van der Waals surface area contributed by atoms with Crippen LogP contribution in [0, 0.1) is 28.1 Å². The Morgan fingerprint density at radius 1 is 0.942 bits per heavy atom. The number of sulfone groups is 1. The van der Waals surface area contributed by atoms with Crippen LogP contribution in [0.1, 0.15) is 126 Å². The summed E-state index contributed by atoms with van der Waals surface area (Å²) in [5.41, 5.74) is -2.03. The predicted molar refractivity (Wildman–Crippen MR) is 202 cm³/mol. The van der Waals surface area contributed by atoms with Crippen LogP contribution in [0.5, 0.6) is 0 Å². The second kappa shape index (κ2) is 16.2. The van der Waals surface area contributed by atoms with Gasteiger partial charge < -0.3 is 26.2 Å². The summed E-state index contributed by atoms with van der Waals surface area (Å²) in [6, 6.07) is -3.51. The fourth-order valence-corrected chi connectivity index (χ4v) is 11.8. The van der Waals surface area contributed by atoms with E-state index in [-0.39, 0.29) is 41.2 Å². The van der Waals surface area contributed by atoms with Crippen molar-refractivity contribution in [1.29, 1.82) is 0 Å². The van der Waals surface area contributed by atoms with Crippen molar-refractivity contribution in [2.75, 3.05) is 24.6 Å². The summed E-state index contributed by atoms with van der Waals surface area (Å²) in [6.45, 7) is 17.3. The Kier molecular flexibility index (Phi) is 13.0. The van der Waals surface area contributed by atoms with Crippen molar-refractivity contribution in [1.82, 2.24) is 26.2 Å². The molecule has 5 amide bonds. The van der Waals surface area contributed by atoms with E-state index in [2.05, 4.69) is 27.8 Å². The number of Topliss-reactive ketones (excluding diaryl/α,β-unsaturated/α-hetero) is 1. The highest BCUT2D eigenvalue weighted by Crippen LogP contribution is 2.66. The van der Waals surface area contributed by atoms with Crippen molar-refractivity contribution in [2.45, 2.75) is 149 Å². The minimum Gasteiger partial charge on any atom is -0.346 e. The topological polar surface area (TPSA) is 171 Å². The van der Waals surface area contributed by atoms with Gasteiger partial charge >= 0.3 is 6.03 Å². The zero-order chi connectivity index (χ0) is 38.7. The number of urea groups is 1. The summed E-state index contributed by atoms with van der Waals surface area (Å²) >= 11 is 0. The highest BCUT2D eigenvalue weighted by atomic mass is 32.2. The molecule has 0 radical (unpaired) electrons. The second-order valence-corrected chi connectivity index (χ2v) is 20.6. The third kappa shape index (κ3) is 10.2. The molecule has 4 rings (SSSR count). The van der Waals surface area contributed by atoms with Crippen molar-refractivity contribution in [3.05, 3.63) is 12.7 Å². The molecule has 294 valence electrons. The lowest BCUT2D eigenvalue weighted by molar-refractivity contribution is -0.144. The average Bonchev–Trinajstić information content (AvgIpc) is 3.60. The molecule has 5 atom stereocenters. The van der Waals surface area contributed by atoms with Crippen LogP contribution in [0.15, 0.2) is 12.7 Å². The Labute approximate surface area is 311 Å². The molecule has 1 aliphatic heterocycles. The maximum Gasteiger partial charge on any atom is 0.315 e. The van der Waals surface area contributed by atoms with Crippen LogP contribution in [0.2, 0.25) is 0 Å². The number of hydrogen-bond acceptors (Lipinski definition) is 7. The SMILES string of the molecule is C=CCNC(=O)C(=O)C(CCCC)NC(=O)[C@@H]1[C@H]2CCC3(CC3)[C@H]2CN1C(=O)[C@@H](NC(=O)NC1(CS(=O)(=O)CC(C)(C)C)CCCCC1)C(C)(C)C. The molecule has 4 fully saturated rings. The number of unbranched alkanes of at least 4 members (excludes halogenated alkanes) is 1. The number of carbonyl (C=O) groups is 5. The molecule has 12 nitrogen and oxygen atoms in total. The van der Waals surface area contributed by atoms with Crippen molar-refractivity contribution < 1.29 is 32.4 Å². The van der Waals surface area contributed by atoms with Crippen molar-refractivity contribution in [3.63, 3.8) is 0 Å². The van der Waals surface area contributed by atoms with Crippen molar-refractivity contribution >= 4 is 39.4 Å². The molecule has 4 aliphatic rings. The van der Waals surface area contributed by atoms with Crippen molar-refractivity contribution in [3.8, 4) is 0 Å². The van der Waals surface area contributed by atoms with E-state index >= 15 is 0 Å². The molecule has 0 bridgehead atoms. The molecule has 4 N–H and O–H groups in total. The van der Waals surface area contributed by atoms with Gasteiger partial charge in [0.2, 0.25) is 17.6 Å². The zero-order valence-corrected chi connectivity index (χ0v) is 33.5. The fraction of sp³-hybridized carbons (Fsp3) is 0.821. The number of ketones is 1. The van der Waals surface area contributed by atoms with E-state index < -0.39 is 68.0 Å². The molecule has 3 aliphatic carbocycles. The Hall–Kier alpha value is -2.96. The van der Waals surface area contributed by atoms with Crippen LogP contribution < -0.4 is 21.3 Å². The third-order valence-corrected chi connectivity index (χ3v) is 14.0. The molecule has 3 saturated carbocycles. The number of likely N-dealkylation sites (tertiary alicyclic amines) is 1. The van der Waals surface area contributed by atoms with Gasteiger partial charge in [0.25, 0.3) is 5.91 Å². The maximum absolute atomic E-state index is 14.7. The van der Waals surface area contributed by atoms with Crippen LogP contribution >= 0.6 is 0 Å². The van der Waals surface area contributed by atoms with Gasteiger partial charge in [-0.15, -0.1) is 6.58 Å². The lowest BCUT2D eigenvalue weighted by atomic mass is 9.83. The van der Waals surface area contributed by atoms with Gasteiger partial charge in [0.05, 0.1) is 23.1 Å². The number of amides is 5. The zero-order valence-electron chi connectivity index (χ0n) is 32.7. The molecular formula is C39H65N5O7S. The summed E-state index contributed by atoms with van der Waals surface area (Å²) in [5, 5.41) is 11.4. The summed E-state index contributed by atoms with van der Waals surface area (Å²) in [5.74, 6) is -2.49. The van der Waals surface area contributed by atoms with Crippen LogP contribution in [0.25, 0.3) is 0 Å². The van der Waals surface area contributed by atoms with E-state index in [9.17, 15) is 32.4 Å². The Bertz CT molecular complexity index is 1470. The first-order valence-electron chi connectivity index (χ1n) is 19.5. The van der Waals surface area contributed by atoms with E-state index in [1.165, 1.54) is 6.08 Å². The summed E-state index contributed by atoms with van der Waals surface area (Å²) in [6.07, 6.45) is 10.6. The lowest BCUT2D eigenvalue weighted by Crippen LogP contribution is -2.63. The minimum absolute atomic E-state index is 0.000777. The number of nitrogens with one attached hydrogen (secondary N) is 4. The maximum atomic E-state index is 14.7. The summed E-state index contributed by atoms with van der Waals surface area (Å²) in [4.78, 5) is 70.5. The third-order valence-electron chi connectivity index (χ3n) is 11.7. The summed E-state index contributed by atoms with van der Waals surface area (Å²) < 4.78 is 26.7. The number of carbonyl (C=O) groups excluding carboxylic acids is 5. The average molecular weight is 748 g/mol. The van der Waals surface area contributed by atoms with Gasteiger partial charge in [-0.1, -0.05) is 86.6 Å². The Morgan fingerprint density at radius 2 is 1.60 bits per heavy atom. The smallest absolute Gasteiger partial charge is 0.315 e. The van der Waals surface area contributed by atoms with Crippen LogP contribution in [0.3, 0.4) is 0 Å². The predicted octanol–water partition coefficient (Wildman–Crippen LogP) is 4.43. The van der Waals surface area contributed by atoms with E-state index in [1.54, 1.807) is 4.90 Å². The lowest BCUT2D eigenvalue weighted by Gasteiger charge is -2.40. The first kappa shape index (κ1) is 41.8. The molecule has 0 aromatic heterocycles.